The Morgan fingerprint density at radius 1 is 1.30 bits per heavy atom. The van der Waals surface area contributed by atoms with Crippen molar-refractivity contribution in [2.45, 2.75) is 51.5 Å². The van der Waals surface area contributed by atoms with Crippen molar-refractivity contribution in [3.63, 3.8) is 0 Å². The first-order chi connectivity index (χ1) is 13.0. The van der Waals surface area contributed by atoms with Gasteiger partial charge in [-0.05, 0) is 36.5 Å². The van der Waals surface area contributed by atoms with E-state index in [9.17, 15) is 9.59 Å². The molecule has 2 heterocycles. The van der Waals surface area contributed by atoms with E-state index in [1.54, 1.807) is 21.8 Å². The highest BCUT2D eigenvalue weighted by Crippen LogP contribution is 2.36. The second-order valence-electron chi connectivity index (χ2n) is 7.84. The van der Waals surface area contributed by atoms with E-state index in [4.69, 9.17) is 0 Å². The van der Waals surface area contributed by atoms with E-state index >= 15 is 0 Å². The third-order valence-electron chi connectivity index (χ3n) is 5.72. The SMILES string of the molecule is Cc1ccc2c(c1)N(C(CC1CCCC1)C(=O)Nc1ccn(C)n1)C(=O)C2. The van der Waals surface area contributed by atoms with Crippen LogP contribution in [0, 0.1) is 12.8 Å². The molecule has 142 valence electrons. The van der Waals surface area contributed by atoms with Crippen LogP contribution in [0.4, 0.5) is 11.5 Å². The van der Waals surface area contributed by atoms with Crippen LogP contribution in [0.5, 0.6) is 0 Å². The molecule has 1 aliphatic heterocycles. The highest BCUT2D eigenvalue weighted by atomic mass is 16.2. The largest absolute Gasteiger partial charge is 0.307 e. The summed E-state index contributed by atoms with van der Waals surface area (Å²) in [6.07, 6.45) is 7.56. The summed E-state index contributed by atoms with van der Waals surface area (Å²) >= 11 is 0. The molecule has 1 aliphatic carbocycles. The molecule has 1 aromatic carbocycles. The smallest absolute Gasteiger partial charge is 0.248 e. The minimum Gasteiger partial charge on any atom is -0.307 e. The van der Waals surface area contributed by atoms with Gasteiger partial charge in [0.2, 0.25) is 11.8 Å². The topological polar surface area (TPSA) is 67.2 Å². The van der Waals surface area contributed by atoms with Crippen LogP contribution in [-0.2, 0) is 23.1 Å². The van der Waals surface area contributed by atoms with Crippen molar-refractivity contribution < 1.29 is 9.59 Å². The number of nitrogens with one attached hydrogen (secondary N) is 1. The Hall–Kier alpha value is -2.63. The molecule has 0 radical (unpaired) electrons. The molecule has 1 fully saturated rings. The molecule has 0 spiro atoms. The molecule has 1 saturated carbocycles. The highest BCUT2D eigenvalue weighted by Gasteiger charge is 2.38. The second kappa shape index (κ2) is 7.18. The first-order valence-electron chi connectivity index (χ1n) is 9.73. The Morgan fingerprint density at radius 2 is 2.07 bits per heavy atom. The van der Waals surface area contributed by atoms with Crippen molar-refractivity contribution in [3.05, 3.63) is 41.6 Å². The predicted octanol–water partition coefficient (Wildman–Crippen LogP) is 3.21. The molecule has 6 nitrogen and oxygen atoms in total. The average molecular weight is 366 g/mol. The van der Waals surface area contributed by atoms with Crippen molar-refractivity contribution >= 4 is 23.3 Å². The summed E-state index contributed by atoms with van der Waals surface area (Å²) in [7, 11) is 1.81. The van der Waals surface area contributed by atoms with E-state index < -0.39 is 6.04 Å². The van der Waals surface area contributed by atoms with E-state index in [2.05, 4.69) is 10.4 Å². The lowest BCUT2D eigenvalue weighted by Gasteiger charge is -2.29. The Kier molecular flexibility index (Phi) is 4.72. The van der Waals surface area contributed by atoms with Gasteiger partial charge in [0.15, 0.2) is 5.82 Å². The molecule has 6 heteroatoms. The number of anilines is 2. The third kappa shape index (κ3) is 3.61. The number of hydrogen-bond acceptors (Lipinski definition) is 3. The summed E-state index contributed by atoms with van der Waals surface area (Å²) in [5.41, 5.74) is 2.99. The van der Waals surface area contributed by atoms with Crippen LogP contribution in [0.3, 0.4) is 0 Å². The second-order valence-corrected chi connectivity index (χ2v) is 7.84. The molecule has 0 saturated heterocycles. The molecule has 1 aromatic heterocycles. The zero-order chi connectivity index (χ0) is 19.0. The van der Waals surface area contributed by atoms with Crippen LogP contribution >= 0.6 is 0 Å². The Bertz CT molecular complexity index is 867. The molecule has 1 N–H and O–H groups in total. The van der Waals surface area contributed by atoms with E-state index in [0.29, 0.717) is 24.6 Å². The van der Waals surface area contributed by atoms with Crippen LogP contribution in [0.25, 0.3) is 0 Å². The predicted molar refractivity (Wildman–Crippen MR) is 105 cm³/mol. The number of benzene rings is 1. The summed E-state index contributed by atoms with van der Waals surface area (Å²) in [5, 5.41) is 7.17. The lowest BCUT2D eigenvalue weighted by molar-refractivity contribution is -0.123. The maximum absolute atomic E-state index is 13.2. The van der Waals surface area contributed by atoms with Crippen LogP contribution in [0.15, 0.2) is 30.5 Å². The number of carbonyl (C=O) groups excluding carboxylic acids is 2. The van der Waals surface area contributed by atoms with Gasteiger partial charge in [-0.1, -0.05) is 37.8 Å². The van der Waals surface area contributed by atoms with Crippen LogP contribution < -0.4 is 10.2 Å². The van der Waals surface area contributed by atoms with Gasteiger partial charge in [-0.15, -0.1) is 0 Å². The number of amides is 2. The quantitative estimate of drug-likeness (QED) is 0.884. The van der Waals surface area contributed by atoms with Gasteiger partial charge in [-0.2, -0.15) is 5.10 Å². The number of rotatable bonds is 5. The van der Waals surface area contributed by atoms with E-state index in [1.165, 1.54) is 12.8 Å². The Morgan fingerprint density at radius 3 is 2.78 bits per heavy atom. The summed E-state index contributed by atoms with van der Waals surface area (Å²) in [4.78, 5) is 27.8. The zero-order valence-electron chi connectivity index (χ0n) is 15.9. The summed E-state index contributed by atoms with van der Waals surface area (Å²) in [5.74, 6) is 0.874. The number of hydrogen-bond donors (Lipinski definition) is 1. The molecular weight excluding hydrogens is 340 g/mol. The van der Waals surface area contributed by atoms with Gasteiger partial charge in [0.1, 0.15) is 6.04 Å². The zero-order valence-corrected chi connectivity index (χ0v) is 15.9. The average Bonchev–Trinajstić information content (AvgIpc) is 3.34. The molecule has 4 rings (SSSR count). The van der Waals surface area contributed by atoms with Gasteiger partial charge in [0, 0.05) is 25.0 Å². The van der Waals surface area contributed by atoms with Crippen LogP contribution in [0.1, 0.15) is 43.2 Å². The number of fused-ring (bicyclic) bond motifs is 1. The molecular formula is C21H26N4O2. The number of nitrogens with zero attached hydrogens (tertiary/aromatic N) is 3. The van der Waals surface area contributed by atoms with Gasteiger partial charge in [-0.3, -0.25) is 19.2 Å². The lowest BCUT2D eigenvalue weighted by atomic mass is 9.96. The Balaban J connectivity index is 1.64. The molecule has 1 unspecified atom stereocenters. The van der Waals surface area contributed by atoms with Crippen molar-refractivity contribution in [1.29, 1.82) is 0 Å². The minimum absolute atomic E-state index is 0.00904. The lowest BCUT2D eigenvalue weighted by Crippen LogP contribution is -2.47. The molecule has 2 amide bonds. The number of aryl methyl sites for hydroxylation is 2. The van der Waals surface area contributed by atoms with E-state index in [0.717, 1.165) is 29.7 Å². The molecule has 2 aromatic rings. The molecule has 2 aliphatic rings. The fraction of sp³-hybridized carbons (Fsp3) is 0.476. The summed E-state index contributed by atoms with van der Waals surface area (Å²) in [6, 6.07) is 7.33. The van der Waals surface area contributed by atoms with Gasteiger partial charge < -0.3 is 5.32 Å². The van der Waals surface area contributed by atoms with Crippen LogP contribution in [0.2, 0.25) is 0 Å². The minimum atomic E-state index is -0.495. The maximum atomic E-state index is 13.2. The van der Waals surface area contributed by atoms with Gasteiger partial charge in [0.05, 0.1) is 6.42 Å². The van der Waals surface area contributed by atoms with Gasteiger partial charge >= 0.3 is 0 Å². The van der Waals surface area contributed by atoms with Gasteiger partial charge in [0.25, 0.3) is 0 Å². The van der Waals surface area contributed by atoms with Gasteiger partial charge in [-0.25, -0.2) is 0 Å². The normalized spacial score (nSPS) is 18.0. The number of aromatic nitrogens is 2. The monoisotopic (exact) mass is 366 g/mol. The van der Waals surface area contributed by atoms with E-state index in [1.807, 2.05) is 32.2 Å². The fourth-order valence-electron chi connectivity index (χ4n) is 4.35. The summed E-state index contributed by atoms with van der Waals surface area (Å²) in [6.45, 7) is 2.02. The molecule has 1 atom stereocenters. The number of carbonyl (C=O) groups is 2. The standard InChI is InChI=1S/C21H26N4O2/c1-14-7-8-16-13-20(26)25(17(16)11-14)18(12-15-5-3-4-6-15)21(27)22-19-9-10-24(2)23-19/h7-11,15,18H,3-6,12-13H2,1-2H3,(H,22,23,27). The molecule has 27 heavy (non-hydrogen) atoms. The van der Waals surface area contributed by atoms with E-state index in [-0.39, 0.29) is 11.8 Å². The van der Waals surface area contributed by atoms with Crippen molar-refractivity contribution in [1.82, 2.24) is 9.78 Å². The van der Waals surface area contributed by atoms with Crippen molar-refractivity contribution in [2.75, 3.05) is 10.2 Å². The third-order valence-corrected chi connectivity index (χ3v) is 5.72. The highest BCUT2D eigenvalue weighted by molar-refractivity contribution is 6.08. The van der Waals surface area contributed by atoms with Crippen molar-refractivity contribution in [3.8, 4) is 0 Å². The van der Waals surface area contributed by atoms with Crippen LogP contribution in [-0.4, -0.2) is 27.6 Å². The Labute approximate surface area is 159 Å². The van der Waals surface area contributed by atoms with Crippen molar-refractivity contribution in [2.24, 2.45) is 13.0 Å². The first kappa shape index (κ1) is 17.8. The molecule has 0 bridgehead atoms. The first-order valence-corrected chi connectivity index (χ1v) is 9.73. The maximum Gasteiger partial charge on any atom is 0.248 e. The summed E-state index contributed by atoms with van der Waals surface area (Å²) < 4.78 is 1.65. The fourth-order valence-corrected chi connectivity index (χ4v) is 4.35.